The maximum Gasteiger partial charge on any atom is 0.342 e. The molecule has 2 heterocycles. The summed E-state index contributed by atoms with van der Waals surface area (Å²) >= 11 is 6.35. The Morgan fingerprint density at radius 1 is 1.33 bits per heavy atom. The first-order valence-electron chi connectivity index (χ1n) is 7.28. The molecule has 7 nitrogen and oxygen atoms in total. The Balaban J connectivity index is 1.76. The first-order chi connectivity index (χ1) is 11.3. The van der Waals surface area contributed by atoms with Crippen molar-refractivity contribution in [3.05, 3.63) is 22.6 Å². The third-order valence-corrected chi connectivity index (χ3v) is 5.03. The van der Waals surface area contributed by atoms with Gasteiger partial charge in [-0.3, -0.25) is 14.5 Å². The lowest BCUT2D eigenvalue weighted by molar-refractivity contribution is -0.126. The van der Waals surface area contributed by atoms with Crippen molar-refractivity contribution in [1.82, 2.24) is 10.2 Å². The maximum atomic E-state index is 12.0. The van der Waals surface area contributed by atoms with Crippen LogP contribution in [0.5, 0.6) is 0 Å². The number of esters is 1. The Bertz CT molecular complexity index is 682. The Morgan fingerprint density at radius 2 is 2.04 bits per heavy atom. The summed E-state index contributed by atoms with van der Waals surface area (Å²) in [6, 6.07) is 0. The number of ether oxygens (including phenoxy) is 1. The van der Waals surface area contributed by atoms with Crippen LogP contribution < -0.4 is 5.32 Å². The normalized spacial score (nSPS) is 14.2. The monoisotopic (exact) mass is 370 g/mol. The van der Waals surface area contributed by atoms with Crippen molar-refractivity contribution in [2.45, 2.75) is 20.8 Å². The van der Waals surface area contributed by atoms with Crippen LogP contribution in [0.25, 0.3) is 0 Å². The molecule has 0 aliphatic carbocycles. The Hall–Kier alpha value is -1.87. The second-order valence-electron chi connectivity index (χ2n) is 5.24. The van der Waals surface area contributed by atoms with Crippen LogP contribution in [-0.2, 0) is 14.3 Å². The third kappa shape index (κ3) is 4.15. The van der Waals surface area contributed by atoms with Gasteiger partial charge in [0.15, 0.2) is 6.61 Å². The topological polar surface area (TPSA) is 88.8 Å². The molecule has 130 valence electrons. The number of amides is 2. The summed E-state index contributed by atoms with van der Waals surface area (Å²) in [7, 11) is 0. The number of carbonyl (C=O) groups excluding carboxylic acids is 3. The molecule has 0 saturated carbocycles. The zero-order valence-electron chi connectivity index (χ0n) is 13.6. The second kappa shape index (κ2) is 7.80. The van der Waals surface area contributed by atoms with E-state index < -0.39 is 18.5 Å². The molecule has 1 aliphatic heterocycles. The van der Waals surface area contributed by atoms with Crippen molar-refractivity contribution in [2.24, 2.45) is 0 Å². The van der Waals surface area contributed by atoms with Gasteiger partial charge >= 0.3 is 5.97 Å². The van der Waals surface area contributed by atoms with E-state index in [-0.39, 0.29) is 12.5 Å². The van der Waals surface area contributed by atoms with Gasteiger partial charge in [-0.05, 0) is 20.8 Å². The van der Waals surface area contributed by atoms with Crippen LogP contribution in [0.3, 0.4) is 0 Å². The molecule has 24 heavy (non-hydrogen) atoms. The highest BCUT2D eigenvalue weighted by Gasteiger charge is 2.26. The highest BCUT2D eigenvalue weighted by atomic mass is 32.2. The van der Waals surface area contributed by atoms with E-state index in [4.69, 9.17) is 21.4 Å². The molecule has 1 aromatic rings. The van der Waals surface area contributed by atoms with Crippen LogP contribution in [0.2, 0.25) is 0 Å². The minimum absolute atomic E-state index is 0.0630. The largest absolute Gasteiger partial charge is 0.465 e. The van der Waals surface area contributed by atoms with Crippen LogP contribution in [0.15, 0.2) is 4.42 Å². The molecule has 0 unspecified atom stereocenters. The fraction of sp³-hybridized carbons (Fsp3) is 0.467. The zero-order valence-corrected chi connectivity index (χ0v) is 15.3. The molecule has 0 atom stereocenters. The van der Waals surface area contributed by atoms with Crippen LogP contribution in [-0.4, -0.2) is 52.5 Å². The number of nitrogens with zero attached hydrogens (tertiary/aromatic N) is 1. The number of hydrogen-bond donors (Lipinski definition) is 1. The van der Waals surface area contributed by atoms with Gasteiger partial charge in [0, 0.05) is 18.7 Å². The van der Waals surface area contributed by atoms with Gasteiger partial charge in [0.1, 0.15) is 21.4 Å². The summed E-state index contributed by atoms with van der Waals surface area (Å²) in [5, 5.41) is 2.59. The lowest BCUT2D eigenvalue weighted by Crippen LogP contribution is -2.38. The Morgan fingerprint density at radius 3 is 2.58 bits per heavy atom. The highest BCUT2D eigenvalue weighted by Crippen LogP contribution is 2.21. The molecule has 1 fully saturated rings. The number of carbonyl (C=O) groups is 3. The van der Waals surface area contributed by atoms with Crippen molar-refractivity contribution in [2.75, 3.05) is 25.4 Å². The Kier molecular flexibility index (Phi) is 6.00. The van der Waals surface area contributed by atoms with E-state index in [0.717, 1.165) is 0 Å². The van der Waals surface area contributed by atoms with E-state index in [1.807, 2.05) is 0 Å². The van der Waals surface area contributed by atoms with E-state index in [0.29, 0.717) is 39.3 Å². The molecule has 1 aliphatic rings. The molecular weight excluding hydrogens is 352 g/mol. The summed E-state index contributed by atoms with van der Waals surface area (Å²) in [6.45, 7) is 5.35. The van der Waals surface area contributed by atoms with Crippen LogP contribution in [0, 0.1) is 20.8 Å². The van der Waals surface area contributed by atoms with Gasteiger partial charge in [0.2, 0.25) is 5.91 Å². The van der Waals surface area contributed by atoms with Gasteiger partial charge in [-0.1, -0.05) is 24.0 Å². The fourth-order valence-corrected chi connectivity index (χ4v) is 3.37. The minimum atomic E-state index is -0.593. The number of furan rings is 1. The summed E-state index contributed by atoms with van der Waals surface area (Å²) in [4.78, 5) is 36.8. The van der Waals surface area contributed by atoms with Gasteiger partial charge in [-0.2, -0.15) is 0 Å². The summed E-state index contributed by atoms with van der Waals surface area (Å²) in [5.41, 5.74) is 1.06. The van der Waals surface area contributed by atoms with Crippen molar-refractivity contribution in [3.63, 3.8) is 0 Å². The molecular formula is C15H18N2O5S2. The molecule has 1 saturated heterocycles. The average molecular weight is 370 g/mol. The zero-order chi connectivity index (χ0) is 17.9. The van der Waals surface area contributed by atoms with Crippen molar-refractivity contribution in [3.8, 4) is 0 Å². The Labute approximate surface area is 149 Å². The second-order valence-corrected chi connectivity index (χ2v) is 6.85. The summed E-state index contributed by atoms with van der Waals surface area (Å²) in [6.07, 6.45) is 0. The van der Waals surface area contributed by atoms with Gasteiger partial charge < -0.3 is 14.5 Å². The van der Waals surface area contributed by atoms with Crippen molar-refractivity contribution >= 4 is 46.1 Å². The molecule has 1 N–H and O–H groups in total. The highest BCUT2D eigenvalue weighted by molar-refractivity contribution is 8.23. The van der Waals surface area contributed by atoms with E-state index in [2.05, 4.69) is 5.32 Å². The molecule has 1 aromatic heterocycles. The van der Waals surface area contributed by atoms with Gasteiger partial charge in [-0.25, -0.2) is 4.79 Å². The smallest absolute Gasteiger partial charge is 0.342 e. The number of hydrogen-bond acceptors (Lipinski definition) is 7. The fourth-order valence-electron chi connectivity index (χ4n) is 2.25. The molecule has 0 bridgehead atoms. The van der Waals surface area contributed by atoms with Crippen LogP contribution in [0.4, 0.5) is 0 Å². The number of thiocarbonyl (C=S) groups is 1. The number of thioether (sulfide) groups is 1. The van der Waals surface area contributed by atoms with E-state index in [1.165, 1.54) is 16.7 Å². The molecule has 0 aromatic carbocycles. The predicted molar refractivity (Wildman–Crippen MR) is 93.0 cm³/mol. The quantitative estimate of drug-likeness (QED) is 0.597. The summed E-state index contributed by atoms with van der Waals surface area (Å²) < 4.78 is 10.9. The van der Waals surface area contributed by atoms with Crippen molar-refractivity contribution in [1.29, 1.82) is 0 Å². The predicted octanol–water partition coefficient (Wildman–Crippen LogP) is 1.34. The van der Waals surface area contributed by atoms with Crippen molar-refractivity contribution < 1.29 is 23.5 Å². The van der Waals surface area contributed by atoms with Crippen LogP contribution >= 0.6 is 24.0 Å². The van der Waals surface area contributed by atoms with Gasteiger partial charge in [-0.15, -0.1) is 0 Å². The first-order valence-corrected chi connectivity index (χ1v) is 8.68. The van der Waals surface area contributed by atoms with Gasteiger partial charge in [0.05, 0.1) is 5.75 Å². The average Bonchev–Trinajstić information content (AvgIpc) is 2.97. The number of aryl methyl sites for hydroxylation is 2. The number of rotatable bonds is 6. The third-order valence-electron chi connectivity index (χ3n) is 3.60. The molecule has 0 radical (unpaired) electrons. The molecule has 2 rings (SSSR count). The van der Waals surface area contributed by atoms with E-state index in [9.17, 15) is 14.4 Å². The maximum absolute atomic E-state index is 12.0. The minimum Gasteiger partial charge on any atom is -0.465 e. The first kappa shape index (κ1) is 18.5. The van der Waals surface area contributed by atoms with Gasteiger partial charge in [0.25, 0.3) is 5.91 Å². The van der Waals surface area contributed by atoms with Crippen LogP contribution in [0.1, 0.15) is 27.4 Å². The summed E-state index contributed by atoms with van der Waals surface area (Å²) in [5.74, 6) is 0.357. The standard InChI is InChI=1S/C15H18N2O5S2/c1-8-9(2)22-10(3)13(8)14(20)21-6-11(18)16-4-5-17-12(19)7-24-15(17)23/h4-7H2,1-3H3,(H,16,18). The van der Waals surface area contributed by atoms with E-state index in [1.54, 1.807) is 20.8 Å². The number of nitrogens with one attached hydrogen (secondary N) is 1. The molecule has 0 spiro atoms. The van der Waals surface area contributed by atoms with E-state index >= 15 is 0 Å². The lowest BCUT2D eigenvalue weighted by atomic mass is 10.1. The molecule has 9 heteroatoms. The SMILES string of the molecule is Cc1oc(C)c(C(=O)OCC(=O)NCCN2C(=O)CSC2=S)c1C. The lowest BCUT2D eigenvalue weighted by Gasteiger charge is -2.15. The molecule has 2 amide bonds.